The molecule has 0 spiro atoms. The third-order valence-electron chi connectivity index (χ3n) is 7.23. The van der Waals surface area contributed by atoms with Crippen molar-refractivity contribution in [2.45, 2.75) is 25.4 Å². The smallest absolute Gasteiger partial charge is 0.451 e. The fourth-order valence-electron chi connectivity index (χ4n) is 5.46. The standard InChI is InChI=1S/C23H26F3N5O2/c1-12-7-14(33-2)3-4-15(12)13-5-6-30(9-13)18-8-19(29-22(28-18)23(24,25)26)31-10-16-17(11-31)20(16)21(27)32/h3-4,7-8,13,16-17,20H,5-6,9-11H2,1-2H3,(H2,27,32)/t13?,16-,17+,20?. The van der Waals surface area contributed by atoms with Gasteiger partial charge in [-0.05, 0) is 48.4 Å². The van der Waals surface area contributed by atoms with Gasteiger partial charge in [-0.3, -0.25) is 4.79 Å². The number of benzene rings is 1. The third kappa shape index (κ3) is 3.95. The first kappa shape index (κ1) is 21.8. The topological polar surface area (TPSA) is 84.6 Å². The van der Waals surface area contributed by atoms with E-state index in [1.165, 1.54) is 5.56 Å². The minimum absolute atomic E-state index is 0.101. The van der Waals surface area contributed by atoms with Gasteiger partial charge in [-0.1, -0.05) is 6.07 Å². The van der Waals surface area contributed by atoms with Crippen LogP contribution in [0.3, 0.4) is 0 Å². The molecule has 33 heavy (non-hydrogen) atoms. The Morgan fingerprint density at radius 1 is 1.09 bits per heavy atom. The Morgan fingerprint density at radius 2 is 1.76 bits per heavy atom. The number of anilines is 2. The van der Waals surface area contributed by atoms with Gasteiger partial charge in [0, 0.05) is 44.1 Å². The number of ether oxygens (including phenoxy) is 1. The van der Waals surface area contributed by atoms with E-state index < -0.39 is 12.0 Å². The van der Waals surface area contributed by atoms with E-state index in [2.05, 4.69) is 9.97 Å². The summed E-state index contributed by atoms with van der Waals surface area (Å²) in [6.45, 7) is 4.18. The highest BCUT2D eigenvalue weighted by molar-refractivity contribution is 5.81. The van der Waals surface area contributed by atoms with E-state index in [1.807, 2.05) is 34.9 Å². The molecule has 2 aliphatic heterocycles. The van der Waals surface area contributed by atoms with Crippen LogP contribution in [0.25, 0.3) is 0 Å². The van der Waals surface area contributed by atoms with Crippen LogP contribution in [0.1, 0.15) is 29.3 Å². The van der Waals surface area contributed by atoms with Crippen molar-refractivity contribution in [3.05, 3.63) is 41.2 Å². The minimum atomic E-state index is -4.64. The summed E-state index contributed by atoms with van der Waals surface area (Å²) in [5.74, 6) is 0.0838. The average Bonchev–Trinajstić information content (AvgIpc) is 3.10. The van der Waals surface area contributed by atoms with E-state index in [1.54, 1.807) is 13.2 Å². The molecule has 5 rings (SSSR count). The molecular weight excluding hydrogens is 435 g/mol. The number of rotatable bonds is 5. The molecule has 1 saturated carbocycles. The summed E-state index contributed by atoms with van der Waals surface area (Å²) < 4.78 is 46.1. The van der Waals surface area contributed by atoms with E-state index >= 15 is 0 Å². The Bertz CT molecular complexity index is 1080. The predicted molar refractivity (Wildman–Crippen MR) is 116 cm³/mol. The van der Waals surface area contributed by atoms with Crippen LogP contribution in [0.2, 0.25) is 0 Å². The number of nitrogens with two attached hydrogens (primary N) is 1. The maximum atomic E-state index is 13.6. The maximum Gasteiger partial charge on any atom is 0.451 e. The third-order valence-corrected chi connectivity index (χ3v) is 7.23. The molecule has 3 heterocycles. The first-order valence-corrected chi connectivity index (χ1v) is 11.1. The van der Waals surface area contributed by atoms with E-state index in [0.717, 1.165) is 17.7 Å². The van der Waals surface area contributed by atoms with Gasteiger partial charge in [-0.2, -0.15) is 13.2 Å². The Balaban J connectivity index is 1.38. The summed E-state index contributed by atoms with van der Waals surface area (Å²) in [7, 11) is 1.62. The van der Waals surface area contributed by atoms with Gasteiger partial charge in [0.15, 0.2) is 0 Å². The molecule has 2 N–H and O–H groups in total. The number of nitrogens with zero attached hydrogens (tertiary/aromatic N) is 4. The predicted octanol–water partition coefficient (Wildman–Crippen LogP) is 2.97. The number of methoxy groups -OCH3 is 1. The molecular formula is C23H26F3N5O2. The van der Waals surface area contributed by atoms with Gasteiger partial charge >= 0.3 is 6.18 Å². The molecule has 7 nitrogen and oxygen atoms in total. The number of fused-ring (bicyclic) bond motifs is 1. The second-order valence-corrected chi connectivity index (χ2v) is 9.22. The molecule has 2 unspecified atom stereocenters. The SMILES string of the molecule is COc1ccc(C2CCN(c3cc(N4C[C@@H]5C(C(N)=O)[C@@H]5C4)nc(C(F)(F)F)n3)C2)c(C)c1. The Hall–Kier alpha value is -3.04. The summed E-state index contributed by atoms with van der Waals surface area (Å²) in [5.41, 5.74) is 7.67. The zero-order valence-corrected chi connectivity index (χ0v) is 18.5. The quantitative estimate of drug-likeness (QED) is 0.737. The number of aromatic nitrogens is 2. The summed E-state index contributed by atoms with van der Waals surface area (Å²) in [6.07, 6.45) is -3.82. The van der Waals surface area contributed by atoms with E-state index in [-0.39, 0.29) is 41.2 Å². The van der Waals surface area contributed by atoms with Crippen LogP contribution in [0.15, 0.2) is 24.3 Å². The van der Waals surface area contributed by atoms with Gasteiger partial charge in [0.1, 0.15) is 17.4 Å². The number of carbonyl (C=O) groups excluding carboxylic acids is 1. The molecule has 3 fully saturated rings. The number of carbonyl (C=O) groups is 1. The van der Waals surface area contributed by atoms with Crippen molar-refractivity contribution in [1.29, 1.82) is 0 Å². The van der Waals surface area contributed by atoms with Crippen molar-refractivity contribution in [3.8, 4) is 5.75 Å². The molecule has 176 valence electrons. The molecule has 4 atom stereocenters. The van der Waals surface area contributed by atoms with Gasteiger partial charge in [0.2, 0.25) is 11.7 Å². The van der Waals surface area contributed by atoms with E-state index in [0.29, 0.717) is 26.2 Å². The average molecular weight is 461 g/mol. The summed E-state index contributed by atoms with van der Waals surface area (Å²) in [4.78, 5) is 22.9. The second-order valence-electron chi connectivity index (χ2n) is 9.22. The van der Waals surface area contributed by atoms with Crippen LogP contribution in [-0.4, -0.2) is 49.2 Å². The first-order valence-electron chi connectivity index (χ1n) is 11.1. The van der Waals surface area contributed by atoms with Crippen molar-refractivity contribution in [1.82, 2.24) is 9.97 Å². The molecule has 10 heteroatoms. The lowest BCUT2D eigenvalue weighted by atomic mass is 9.94. The molecule has 0 radical (unpaired) electrons. The van der Waals surface area contributed by atoms with Crippen LogP contribution >= 0.6 is 0 Å². The Labute approximate surface area is 189 Å². The highest BCUT2D eigenvalue weighted by Crippen LogP contribution is 2.52. The fourth-order valence-corrected chi connectivity index (χ4v) is 5.46. The molecule has 3 aliphatic rings. The normalized spacial score (nSPS) is 26.5. The van der Waals surface area contributed by atoms with Crippen molar-refractivity contribution in [2.24, 2.45) is 23.5 Å². The van der Waals surface area contributed by atoms with Gasteiger partial charge < -0.3 is 20.3 Å². The van der Waals surface area contributed by atoms with Gasteiger partial charge in [-0.15, -0.1) is 0 Å². The largest absolute Gasteiger partial charge is 0.497 e. The molecule has 2 aromatic rings. The van der Waals surface area contributed by atoms with Crippen LogP contribution < -0.4 is 20.3 Å². The summed E-state index contributed by atoms with van der Waals surface area (Å²) in [6, 6.07) is 7.55. The fraction of sp³-hybridized carbons (Fsp3) is 0.522. The minimum Gasteiger partial charge on any atom is -0.497 e. The van der Waals surface area contributed by atoms with Crippen molar-refractivity contribution < 1.29 is 22.7 Å². The number of alkyl halides is 3. The number of piperidine rings is 1. The number of aryl methyl sites for hydroxylation is 1. The number of hydrogen-bond donors (Lipinski definition) is 1. The zero-order valence-electron chi connectivity index (χ0n) is 18.5. The lowest BCUT2D eigenvalue weighted by Gasteiger charge is -2.24. The van der Waals surface area contributed by atoms with E-state index in [9.17, 15) is 18.0 Å². The Kier molecular flexibility index (Phi) is 5.13. The first-order chi connectivity index (χ1) is 15.7. The molecule has 1 amide bonds. The van der Waals surface area contributed by atoms with Crippen LogP contribution in [0.4, 0.5) is 24.8 Å². The van der Waals surface area contributed by atoms with Crippen LogP contribution in [0.5, 0.6) is 5.75 Å². The van der Waals surface area contributed by atoms with Crippen molar-refractivity contribution in [2.75, 3.05) is 43.1 Å². The lowest BCUT2D eigenvalue weighted by molar-refractivity contribution is -0.144. The highest BCUT2D eigenvalue weighted by Gasteiger charge is 2.59. The molecule has 2 saturated heterocycles. The van der Waals surface area contributed by atoms with E-state index in [4.69, 9.17) is 10.5 Å². The number of primary amides is 1. The summed E-state index contributed by atoms with van der Waals surface area (Å²) in [5, 5.41) is 0. The molecule has 1 aromatic heterocycles. The molecule has 0 bridgehead atoms. The van der Waals surface area contributed by atoms with Crippen LogP contribution in [-0.2, 0) is 11.0 Å². The molecule has 1 aliphatic carbocycles. The second kappa shape index (κ2) is 7.78. The maximum absolute atomic E-state index is 13.6. The van der Waals surface area contributed by atoms with Gasteiger partial charge in [0.05, 0.1) is 7.11 Å². The lowest BCUT2D eigenvalue weighted by Crippen LogP contribution is -2.30. The van der Waals surface area contributed by atoms with Gasteiger partial charge in [-0.25, -0.2) is 9.97 Å². The zero-order chi connectivity index (χ0) is 23.5. The summed E-state index contributed by atoms with van der Waals surface area (Å²) >= 11 is 0. The van der Waals surface area contributed by atoms with Crippen LogP contribution in [0, 0.1) is 24.7 Å². The number of hydrogen-bond acceptors (Lipinski definition) is 6. The van der Waals surface area contributed by atoms with Crippen molar-refractivity contribution >= 4 is 17.5 Å². The van der Waals surface area contributed by atoms with Gasteiger partial charge in [0.25, 0.3) is 0 Å². The number of amides is 1. The monoisotopic (exact) mass is 461 g/mol. The Morgan fingerprint density at radius 3 is 2.33 bits per heavy atom. The molecule has 1 aromatic carbocycles. The van der Waals surface area contributed by atoms with Crippen molar-refractivity contribution in [3.63, 3.8) is 0 Å². The number of halogens is 3. The highest BCUT2D eigenvalue weighted by atomic mass is 19.4.